The van der Waals surface area contributed by atoms with Crippen molar-refractivity contribution in [1.82, 2.24) is 4.98 Å². The molecule has 1 aromatic heterocycles. The summed E-state index contributed by atoms with van der Waals surface area (Å²) in [5.41, 5.74) is 3.55. The molecule has 0 unspecified atom stereocenters. The Balaban J connectivity index is 1.83. The summed E-state index contributed by atoms with van der Waals surface area (Å²) in [7, 11) is 0. The first-order valence-corrected chi connectivity index (χ1v) is 8.11. The van der Waals surface area contributed by atoms with Gasteiger partial charge in [0.25, 0.3) is 0 Å². The standard InChI is InChI=1S/C19H21N3O2/c1-12(2)15-8-16(11-20-10-15)21-19(24)18-9-14-6-4-5-7-17(14)22(18)13(3)23/h4-8,10-12,18H,9H2,1-3H3,(H,21,24)/t18-/m0/s1. The number of anilines is 2. The fraction of sp³-hybridized carbons (Fsp3) is 0.316. The first-order valence-electron chi connectivity index (χ1n) is 8.11. The van der Waals surface area contributed by atoms with Crippen molar-refractivity contribution in [2.24, 2.45) is 0 Å². The number of nitrogens with one attached hydrogen (secondary N) is 1. The number of carbonyl (C=O) groups excluding carboxylic acids is 2. The quantitative estimate of drug-likeness (QED) is 0.944. The second-order valence-corrected chi connectivity index (χ2v) is 6.39. The number of nitrogens with zero attached hydrogens (tertiary/aromatic N) is 2. The van der Waals surface area contributed by atoms with Crippen LogP contribution in [0.1, 0.15) is 37.8 Å². The number of aromatic nitrogens is 1. The van der Waals surface area contributed by atoms with E-state index in [1.165, 1.54) is 6.92 Å². The van der Waals surface area contributed by atoms with E-state index in [1.807, 2.05) is 30.3 Å². The molecule has 0 saturated carbocycles. The second kappa shape index (κ2) is 6.43. The van der Waals surface area contributed by atoms with Crippen molar-refractivity contribution in [3.8, 4) is 0 Å². The lowest BCUT2D eigenvalue weighted by atomic mass is 10.1. The Labute approximate surface area is 141 Å². The van der Waals surface area contributed by atoms with Crippen LogP contribution in [0, 0.1) is 0 Å². The van der Waals surface area contributed by atoms with Crippen molar-refractivity contribution in [3.63, 3.8) is 0 Å². The molecule has 2 amide bonds. The topological polar surface area (TPSA) is 62.3 Å². The van der Waals surface area contributed by atoms with Gasteiger partial charge >= 0.3 is 0 Å². The van der Waals surface area contributed by atoms with Crippen LogP contribution in [0.25, 0.3) is 0 Å². The van der Waals surface area contributed by atoms with Crippen molar-refractivity contribution in [2.45, 2.75) is 39.2 Å². The number of para-hydroxylation sites is 1. The maximum Gasteiger partial charge on any atom is 0.247 e. The predicted octanol–water partition coefficient (Wildman–Crippen LogP) is 3.12. The molecule has 1 aromatic carbocycles. The molecule has 0 saturated heterocycles. The number of rotatable bonds is 3. The van der Waals surface area contributed by atoms with Gasteiger partial charge in [-0.05, 0) is 29.2 Å². The molecule has 2 heterocycles. The minimum Gasteiger partial charge on any atom is -0.323 e. The van der Waals surface area contributed by atoms with Crippen LogP contribution < -0.4 is 10.2 Å². The summed E-state index contributed by atoms with van der Waals surface area (Å²) in [6.45, 7) is 5.64. The molecule has 0 radical (unpaired) electrons. The van der Waals surface area contributed by atoms with E-state index in [2.05, 4.69) is 24.1 Å². The van der Waals surface area contributed by atoms with E-state index >= 15 is 0 Å². The summed E-state index contributed by atoms with van der Waals surface area (Å²) < 4.78 is 0. The molecular formula is C19H21N3O2. The zero-order valence-electron chi connectivity index (χ0n) is 14.1. The van der Waals surface area contributed by atoms with Crippen LogP contribution in [-0.2, 0) is 16.0 Å². The van der Waals surface area contributed by atoms with E-state index in [1.54, 1.807) is 17.3 Å². The summed E-state index contributed by atoms with van der Waals surface area (Å²) >= 11 is 0. The van der Waals surface area contributed by atoms with Gasteiger partial charge in [0.05, 0.1) is 11.9 Å². The third-order valence-corrected chi connectivity index (χ3v) is 4.31. The molecule has 3 rings (SSSR count). The number of carbonyl (C=O) groups is 2. The molecule has 0 fully saturated rings. The third kappa shape index (κ3) is 3.02. The van der Waals surface area contributed by atoms with E-state index < -0.39 is 6.04 Å². The van der Waals surface area contributed by atoms with Gasteiger partial charge in [0.15, 0.2) is 0 Å². The van der Waals surface area contributed by atoms with Crippen LogP contribution in [0.4, 0.5) is 11.4 Å². The largest absolute Gasteiger partial charge is 0.323 e. The number of pyridine rings is 1. The van der Waals surface area contributed by atoms with Crippen LogP contribution in [0.3, 0.4) is 0 Å². The second-order valence-electron chi connectivity index (χ2n) is 6.39. The number of benzene rings is 1. The van der Waals surface area contributed by atoms with Gasteiger partial charge in [-0.3, -0.25) is 19.5 Å². The predicted molar refractivity (Wildman–Crippen MR) is 94.0 cm³/mol. The summed E-state index contributed by atoms with van der Waals surface area (Å²) in [5, 5.41) is 2.90. The van der Waals surface area contributed by atoms with Gasteiger partial charge in [0.1, 0.15) is 6.04 Å². The SMILES string of the molecule is CC(=O)N1c2ccccc2C[C@H]1C(=O)Nc1cncc(C(C)C)c1. The van der Waals surface area contributed by atoms with Gasteiger partial charge in [-0.25, -0.2) is 0 Å². The molecule has 124 valence electrons. The van der Waals surface area contributed by atoms with Crippen LogP contribution in [0.15, 0.2) is 42.7 Å². The number of fused-ring (bicyclic) bond motifs is 1. The van der Waals surface area contributed by atoms with E-state index in [9.17, 15) is 9.59 Å². The Hall–Kier alpha value is -2.69. The summed E-state index contributed by atoms with van der Waals surface area (Å²) in [4.78, 5) is 30.6. The Morgan fingerprint density at radius 1 is 1.25 bits per heavy atom. The Bertz CT molecular complexity index is 786. The highest BCUT2D eigenvalue weighted by molar-refractivity contribution is 6.06. The highest BCUT2D eigenvalue weighted by atomic mass is 16.2. The van der Waals surface area contributed by atoms with E-state index in [0.717, 1.165) is 16.8 Å². The van der Waals surface area contributed by atoms with Gasteiger partial charge in [-0.1, -0.05) is 32.0 Å². The third-order valence-electron chi connectivity index (χ3n) is 4.31. The molecule has 0 bridgehead atoms. The normalized spacial score (nSPS) is 16.2. The number of hydrogen-bond acceptors (Lipinski definition) is 3. The Kier molecular flexibility index (Phi) is 4.34. The fourth-order valence-corrected chi connectivity index (χ4v) is 3.05. The molecule has 2 aromatic rings. The molecular weight excluding hydrogens is 302 g/mol. The smallest absolute Gasteiger partial charge is 0.247 e. The lowest BCUT2D eigenvalue weighted by molar-refractivity contribution is -0.122. The first kappa shape index (κ1) is 16.2. The molecule has 1 aliphatic heterocycles. The average Bonchev–Trinajstić information content (AvgIpc) is 2.95. The lowest BCUT2D eigenvalue weighted by Gasteiger charge is -2.23. The molecule has 0 aliphatic carbocycles. The Morgan fingerprint density at radius 2 is 2.00 bits per heavy atom. The Morgan fingerprint density at radius 3 is 2.71 bits per heavy atom. The van der Waals surface area contributed by atoms with Gasteiger partial charge in [0.2, 0.25) is 11.8 Å². The molecule has 24 heavy (non-hydrogen) atoms. The van der Waals surface area contributed by atoms with Crippen LogP contribution in [0.5, 0.6) is 0 Å². The van der Waals surface area contributed by atoms with E-state index in [-0.39, 0.29) is 11.8 Å². The van der Waals surface area contributed by atoms with Crippen LogP contribution in [-0.4, -0.2) is 22.8 Å². The van der Waals surface area contributed by atoms with Crippen molar-refractivity contribution >= 4 is 23.2 Å². The van der Waals surface area contributed by atoms with Crippen LogP contribution in [0.2, 0.25) is 0 Å². The van der Waals surface area contributed by atoms with E-state index in [0.29, 0.717) is 18.0 Å². The van der Waals surface area contributed by atoms with Crippen molar-refractivity contribution in [3.05, 3.63) is 53.9 Å². The number of amides is 2. The summed E-state index contributed by atoms with van der Waals surface area (Å²) in [5.74, 6) is 0.0112. The minimum absolute atomic E-state index is 0.130. The fourth-order valence-electron chi connectivity index (χ4n) is 3.05. The van der Waals surface area contributed by atoms with Crippen LogP contribution >= 0.6 is 0 Å². The monoisotopic (exact) mass is 323 g/mol. The van der Waals surface area contributed by atoms with Crippen molar-refractivity contribution in [2.75, 3.05) is 10.2 Å². The lowest BCUT2D eigenvalue weighted by Crippen LogP contribution is -2.44. The minimum atomic E-state index is -0.525. The van der Waals surface area contributed by atoms with Gasteiger partial charge in [-0.15, -0.1) is 0 Å². The molecule has 1 aliphatic rings. The molecule has 5 heteroatoms. The highest BCUT2D eigenvalue weighted by Gasteiger charge is 2.36. The van der Waals surface area contributed by atoms with Gasteiger partial charge < -0.3 is 5.32 Å². The maximum atomic E-state index is 12.7. The highest BCUT2D eigenvalue weighted by Crippen LogP contribution is 2.32. The zero-order valence-corrected chi connectivity index (χ0v) is 14.1. The van der Waals surface area contributed by atoms with Gasteiger partial charge in [0, 0.05) is 25.2 Å². The average molecular weight is 323 g/mol. The number of hydrogen-bond donors (Lipinski definition) is 1. The first-order chi connectivity index (χ1) is 11.5. The van der Waals surface area contributed by atoms with Gasteiger partial charge in [-0.2, -0.15) is 0 Å². The molecule has 1 N–H and O–H groups in total. The maximum absolute atomic E-state index is 12.7. The summed E-state index contributed by atoms with van der Waals surface area (Å²) in [6.07, 6.45) is 3.95. The molecule has 5 nitrogen and oxygen atoms in total. The molecule has 0 spiro atoms. The van der Waals surface area contributed by atoms with Crippen molar-refractivity contribution in [1.29, 1.82) is 0 Å². The molecule has 1 atom stereocenters. The van der Waals surface area contributed by atoms with Crippen molar-refractivity contribution < 1.29 is 9.59 Å². The zero-order chi connectivity index (χ0) is 17.3. The summed E-state index contributed by atoms with van der Waals surface area (Å²) in [6, 6.07) is 9.04. The van der Waals surface area contributed by atoms with E-state index in [4.69, 9.17) is 0 Å².